The highest BCUT2D eigenvalue weighted by Crippen LogP contribution is 2.51. The molecule has 0 saturated heterocycles. The van der Waals surface area contributed by atoms with Gasteiger partial charge in [0.2, 0.25) is 0 Å². The fraction of sp³-hybridized carbons (Fsp3) is 0.278. The zero-order valence-electron chi connectivity index (χ0n) is 13.3. The molecule has 0 fully saturated rings. The molecular weight excluding hydrogens is 372 g/mol. The lowest BCUT2D eigenvalue weighted by molar-refractivity contribution is 0.0783. The fourth-order valence-electron chi connectivity index (χ4n) is 3.21. The maximum atomic E-state index is 10.4. The van der Waals surface area contributed by atoms with Crippen LogP contribution in [0.4, 0.5) is 0 Å². The van der Waals surface area contributed by atoms with Crippen molar-refractivity contribution in [3.63, 3.8) is 0 Å². The Morgan fingerprint density at radius 3 is 2.46 bits per heavy atom. The van der Waals surface area contributed by atoms with Crippen LogP contribution < -0.4 is 10.5 Å². The van der Waals surface area contributed by atoms with Crippen LogP contribution in [-0.4, -0.2) is 17.7 Å². The van der Waals surface area contributed by atoms with Crippen LogP contribution in [-0.2, 0) is 15.9 Å². The van der Waals surface area contributed by atoms with Crippen LogP contribution in [0.3, 0.4) is 0 Å². The van der Waals surface area contributed by atoms with E-state index in [9.17, 15) is 5.11 Å². The van der Waals surface area contributed by atoms with E-state index in [1.807, 2.05) is 36.4 Å². The second-order valence-electron chi connectivity index (χ2n) is 6.61. The Bertz CT molecular complexity index is 873. The maximum absolute atomic E-state index is 10.4. The molecule has 2 aromatic rings. The Morgan fingerprint density at radius 2 is 1.83 bits per heavy atom. The maximum Gasteiger partial charge on any atom is 0.283 e. The molecule has 0 bridgehead atoms. The molecule has 6 heteroatoms. The molecule has 5 nitrogen and oxygen atoms in total. The van der Waals surface area contributed by atoms with Gasteiger partial charge >= 0.3 is 0 Å². The first kappa shape index (κ1) is 15.5. The van der Waals surface area contributed by atoms with Crippen LogP contribution in [0.5, 0.6) is 11.5 Å². The van der Waals surface area contributed by atoms with Gasteiger partial charge in [0.05, 0.1) is 5.60 Å². The summed E-state index contributed by atoms with van der Waals surface area (Å²) in [5.41, 5.74) is 6.62. The summed E-state index contributed by atoms with van der Waals surface area (Å²) in [5, 5.41) is 10.4. The number of fused-ring (bicyclic) bond motifs is 4. The summed E-state index contributed by atoms with van der Waals surface area (Å²) in [5.74, 6) is 1.42. The molecule has 0 aliphatic carbocycles. The average Bonchev–Trinajstić information content (AvgIpc) is 2.90. The van der Waals surface area contributed by atoms with Crippen LogP contribution in [0.2, 0.25) is 0 Å². The Kier molecular flexibility index (Phi) is 3.21. The minimum absolute atomic E-state index is 0.155. The first-order valence-corrected chi connectivity index (χ1v) is 8.42. The van der Waals surface area contributed by atoms with Gasteiger partial charge in [-0.25, -0.2) is 4.99 Å². The van der Waals surface area contributed by atoms with Crippen molar-refractivity contribution in [3.05, 3.63) is 57.6 Å². The molecule has 0 saturated carbocycles. The lowest BCUT2D eigenvalue weighted by Gasteiger charge is -2.34. The zero-order chi connectivity index (χ0) is 17.1. The molecule has 2 aliphatic rings. The minimum Gasteiger partial charge on any atom is -0.462 e. The topological polar surface area (TPSA) is 77.1 Å². The van der Waals surface area contributed by atoms with Crippen LogP contribution in [0, 0.1) is 0 Å². The van der Waals surface area contributed by atoms with Gasteiger partial charge in [0.1, 0.15) is 18.1 Å². The molecule has 124 valence electrons. The summed E-state index contributed by atoms with van der Waals surface area (Å²) in [6, 6.07) is 11.6. The van der Waals surface area contributed by atoms with Crippen molar-refractivity contribution in [3.8, 4) is 11.5 Å². The molecule has 2 aliphatic heterocycles. The SMILES string of the molecule is CC(C)(O)c1ccc2c(c1)C1(COC(N)=N1)c1cc(Br)ccc1O2. The van der Waals surface area contributed by atoms with Crippen molar-refractivity contribution < 1.29 is 14.6 Å². The predicted molar refractivity (Wildman–Crippen MR) is 94.3 cm³/mol. The number of aliphatic hydroxyl groups is 1. The van der Waals surface area contributed by atoms with Crippen LogP contribution >= 0.6 is 15.9 Å². The van der Waals surface area contributed by atoms with Gasteiger partial charge in [-0.1, -0.05) is 22.0 Å². The van der Waals surface area contributed by atoms with Crippen molar-refractivity contribution in [1.82, 2.24) is 0 Å². The Hall–Kier alpha value is -2.05. The largest absolute Gasteiger partial charge is 0.462 e. The van der Waals surface area contributed by atoms with Gasteiger partial charge in [0.25, 0.3) is 6.02 Å². The molecule has 0 radical (unpaired) electrons. The molecule has 1 unspecified atom stereocenters. The van der Waals surface area contributed by atoms with Gasteiger partial charge in [-0.05, 0) is 49.7 Å². The Balaban J connectivity index is 2.00. The fourth-order valence-corrected chi connectivity index (χ4v) is 3.57. The van der Waals surface area contributed by atoms with E-state index in [0.29, 0.717) is 12.4 Å². The van der Waals surface area contributed by atoms with Crippen molar-refractivity contribution in [2.24, 2.45) is 10.7 Å². The molecule has 3 N–H and O–H groups in total. The standard InChI is InChI=1S/C18H17BrN2O3/c1-17(2,22)10-3-5-14-12(7-10)18(9-23-16(20)21-18)13-8-11(19)4-6-15(13)24-14/h3-8,22H,9H2,1-2H3,(H2,20,21). The number of hydrogen-bond donors (Lipinski definition) is 2. The summed E-state index contributed by atoms with van der Waals surface area (Å²) in [7, 11) is 0. The monoisotopic (exact) mass is 388 g/mol. The van der Waals surface area contributed by atoms with E-state index in [0.717, 1.165) is 26.9 Å². The van der Waals surface area contributed by atoms with Crippen molar-refractivity contribution in [2.45, 2.75) is 25.0 Å². The van der Waals surface area contributed by atoms with E-state index in [1.165, 1.54) is 0 Å². The first-order valence-electron chi connectivity index (χ1n) is 7.63. The Labute approximate surface area is 148 Å². The molecule has 0 amide bonds. The predicted octanol–water partition coefficient (Wildman–Crippen LogP) is 3.37. The molecular formula is C18H17BrN2O3. The third kappa shape index (κ3) is 2.21. The van der Waals surface area contributed by atoms with Crippen LogP contribution in [0.25, 0.3) is 0 Å². The summed E-state index contributed by atoms with van der Waals surface area (Å²) in [6.07, 6.45) is 0. The molecule has 24 heavy (non-hydrogen) atoms. The van der Waals surface area contributed by atoms with Crippen LogP contribution in [0.1, 0.15) is 30.5 Å². The number of aliphatic imine (C=N–C) groups is 1. The molecule has 1 spiro atoms. The third-order valence-electron chi connectivity index (χ3n) is 4.47. The van der Waals surface area contributed by atoms with Gasteiger partial charge in [0, 0.05) is 15.6 Å². The summed E-state index contributed by atoms with van der Waals surface area (Å²) in [6.45, 7) is 3.80. The lowest BCUT2D eigenvalue weighted by Crippen LogP contribution is -2.31. The van der Waals surface area contributed by atoms with E-state index < -0.39 is 11.1 Å². The normalized spacial score (nSPS) is 21.6. The van der Waals surface area contributed by atoms with Gasteiger partial charge in [-0.2, -0.15) is 0 Å². The quantitative estimate of drug-likeness (QED) is 0.784. The second kappa shape index (κ2) is 4.97. The number of nitrogens with two attached hydrogens (primary N) is 1. The number of hydrogen-bond acceptors (Lipinski definition) is 5. The lowest BCUT2D eigenvalue weighted by atomic mass is 9.79. The van der Waals surface area contributed by atoms with Crippen molar-refractivity contribution in [2.75, 3.05) is 6.61 Å². The van der Waals surface area contributed by atoms with E-state index >= 15 is 0 Å². The van der Waals surface area contributed by atoms with Gasteiger partial charge < -0.3 is 20.3 Å². The highest BCUT2D eigenvalue weighted by atomic mass is 79.9. The zero-order valence-corrected chi connectivity index (χ0v) is 14.9. The molecule has 0 aromatic heterocycles. The minimum atomic E-state index is -0.970. The van der Waals surface area contributed by atoms with E-state index in [2.05, 4.69) is 20.9 Å². The average molecular weight is 389 g/mol. The van der Waals surface area contributed by atoms with E-state index in [4.69, 9.17) is 15.2 Å². The first-order chi connectivity index (χ1) is 11.3. The molecule has 2 heterocycles. The summed E-state index contributed by atoms with van der Waals surface area (Å²) < 4.78 is 12.5. The molecule has 1 atom stereocenters. The van der Waals surface area contributed by atoms with E-state index in [1.54, 1.807) is 13.8 Å². The number of halogens is 1. The number of ether oxygens (including phenoxy) is 2. The molecule has 4 rings (SSSR count). The number of amidine groups is 1. The highest BCUT2D eigenvalue weighted by Gasteiger charge is 2.47. The van der Waals surface area contributed by atoms with Crippen molar-refractivity contribution >= 4 is 22.0 Å². The third-order valence-corrected chi connectivity index (χ3v) is 4.96. The van der Waals surface area contributed by atoms with E-state index in [-0.39, 0.29) is 6.02 Å². The van der Waals surface area contributed by atoms with Gasteiger partial charge in [-0.15, -0.1) is 0 Å². The molecule has 2 aromatic carbocycles. The van der Waals surface area contributed by atoms with Crippen molar-refractivity contribution in [1.29, 1.82) is 0 Å². The smallest absolute Gasteiger partial charge is 0.283 e. The summed E-state index contributed by atoms with van der Waals surface area (Å²) in [4.78, 5) is 4.62. The summed E-state index contributed by atoms with van der Waals surface area (Å²) >= 11 is 3.51. The van der Waals surface area contributed by atoms with Gasteiger partial charge in [0.15, 0.2) is 5.54 Å². The number of nitrogens with zero attached hydrogens (tertiary/aromatic N) is 1. The second-order valence-corrected chi connectivity index (χ2v) is 7.53. The Morgan fingerprint density at radius 1 is 1.17 bits per heavy atom. The number of rotatable bonds is 1. The number of benzene rings is 2. The van der Waals surface area contributed by atoms with Crippen LogP contribution in [0.15, 0.2) is 45.9 Å². The van der Waals surface area contributed by atoms with Gasteiger partial charge in [-0.3, -0.25) is 0 Å². The highest BCUT2D eigenvalue weighted by molar-refractivity contribution is 9.10.